The Bertz CT molecular complexity index is 1360. The maximum absolute atomic E-state index is 14.5. The quantitative estimate of drug-likeness (QED) is 0.430. The van der Waals surface area contributed by atoms with Gasteiger partial charge in [-0.25, -0.2) is 12.8 Å². The summed E-state index contributed by atoms with van der Waals surface area (Å²) in [4.78, 5) is 27.7. The Morgan fingerprint density at radius 1 is 0.973 bits per heavy atom. The van der Waals surface area contributed by atoms with E-state index in [0.29, 0.717) is 17.8 Å². The maximum atomic E-state index is 14.5. The van der Waals surface area contributed by atoms with Gasteiger partial charge in [-0.1, -0.05) is 54.1 Å². The van der Waals surface area contributed by atoms with Crippen LogP contribution in [0.5, 0.6) is 0 Å². The van der Waals surface area contributed by atoms with Gasteiger partial charge in [-0.15, -0.1) is 0 Å². The van der Waals surface area contributed by atoms with Crippen LogP contribution >= 0.6 is 0 Å². The van der Waals surface area contributed by atoms with Crippen molar-refractivity contribution in [3.8, 4) is 0 Å². The zero-order valence-corrected chi connectivity index (χ0v) is 22.3. The Labute approximate surface area is 218 Å². The van der Waals surface area contributed by atoms with Crippen molar-refractivity contribution in [1.82, 2.24) is 10.2 Å². The van der Waals surface area contributed by atoms with Gasteiger partial charge in [0.15, 0.2) is 0 Å². The van der Waals surface area contributed by atoms with Crippen molar-refractivity contribution in [2.75, 3.05) is 17.4 Å². The number of sulfonamides is 1. The first-order chi connectivity index (χ1) is 17.6. The second-order valence-electron chi connectivity index (χ2n) is 8.80. The lowest BCUT2D eigenvalue weighted by molar-refractivity contribution is -0.139. The van der Waals surface area contributed by atoms with E-state index in [-0.39, 0.29) is 17.0 Å². The van der Waals surface area contributed by atoms with E-state index in [9.17, 15) is 22.4 Å². The maximum Gasteiger partial charge on any atom is 0.264 e. The summed E-state index contributed by atoms with van der Waals surface area (Å²) in [6.07, 6.45) is 0. The fraction of sp³-hybridized carbons (Fsp3) is 0.286. The van der Waals surface area contributed by atoms with E-state index >= 15 is 0 Å². The molecule has 2 amide bonds. The Hall–Kier alpha value is -3.72. The second kappa shape index (κ2) is 12.0. The lowest BCUT2D eigenvalue weighted by Crippen LogP contribution is -2.51. The van der Waals surface area contributed by atoms with Gasteiger partial charge >= 0.3 is 0 Å². The number of hydrogen-bond acceptors (Lipinski definition) is 4. The molecule has 0 saturated heterocycles. The van der Waals surface area contributed by atoms with Crippen molar-refractivity contribution in [3.63, 3.8) is 0 Å². The van der Waals surface area contributed by atoms with Crippen LogP contribution < -0.4 is 9.62 Å². The minimum atomic E-state index is -4.14. The molecule has 0 radical (unpaired) electrons. The molecule has 0 spiro atoms. The highest BCUT2D eigenvalue weighted by atomic mass is 32.2. The Balaban J connectivity index is 2.07. The smallest absolute Gasteiger partial charge is 0.264 e. The van der Waals surface area contributed by atoms with Crippen LogP contribution in [0.2, 0.25) is 0 Å². The van der Waals surface area contributed by atoms with E-state index in [0.717, 1.165) is 9.87 Å². The number of anilines is 1. The molecular weight excluding hydrogens is 493 g/mol. The molecule has 1 atom stereocenters. The average Bonchev–Trinajstić information content (AvgIpc) is 2.87. The van der Waals surface area contributed by atoms with Gasteiger partial charge in [-0.3, -0.25) is 13.9 Å². The number of carbonyl (C=O) groups excluding carboxylic acids is 2. The first kappa shape index (κ1) is 27.9. The topological polar surface area (TPSA) is 86.8 Å². The fourth-order valence-corrected chi connectivity index (χ4v) is 5.53. The molecule has 37 heavy (non-hydrogen) atoms. The lowest BCUT2D eigenvalue weighted by Gasteiger charge is -2.32. The minimum Gasteiger partial charge on any atom is -0.355 e. The van der Waals surface area contributed by atoms with Crippen molar-refractivity contribution in [3.05, 3.63) is 95.3 Å². The zero-order chi connectivity index (χ0) is 27.2. The minimum absolute atomic E-state index is 0.0280. The molecule has 0 aromatic heterocycles. The van der Waals surface area contributed by atoms with Gasteiger partial charge in [0.1, 0.15) is 18.4 Å². The van der Waals surface area contributed by atoms with Crippen LogP contribution in [0.4, 0.5) is 10.1 Å². The van der Waals surface area contributed by atoms with E-state index in [2.05, 4.69) is 5.32 Å². The van der Waals surface area contributed by atoms with Crippen molar-refractivity contribution < 1.29 is 22.4 Å². The molecule has 0 aliphatic carbocycles. The summed E-state index contributed by atoms with van der Waals surface area (Å²) in [5.41, 5.74) is 2.18. The number of hydrogen-bond donors (Lipinski definition) is 1. The molecular formula is C28H32FN3O4S. The highest BCUT2D eigenvalue weighted by Gasteiger charge is 2.33. The van der Waals surface area contributed by atoms with Gasteiger partial charge in [-0.05, 0) is 57.5 Å². The normalized spacial score (nSPS) is 12.0. The standard InChI is InChI=1S/C28H32FN3O4S/c1-5-30-28(34)22(4)31(18-23-11-9-10-14-25(23)29)27(33)19-32(26-16-15-20(2)17-21(26)3)37(35,36)24-12-7-6-8-13-24/h6-17,22H,5,18-19H2,1-4H3,(H,30,34)/t22-/m1/s1. The molecule has 3 aromatic carbocycles. The van der Waals surface area contributed by atoms with E-state index < -0.39 is 40.2 Å². The van der Waals surface area contributed by atoms with Gasteiger partial charge in [-0.2, -0.15) is 0 Å². The summed E-state index contributed by atoms with van der Waals surface area (Å²) in [5.74, 6) is -1.58. The van der Waals surface area contributed by atoms with Gasteiger partial charge in [0.2, 0.25) is 11.8 Å². The molecule has 9 heteroatoms. The molecule has 0 fully saturated rings. The van der Waals surface area contributed by atoms with Crippen LogP contribution in [0.1, 0.15) is 30.5 Å². The summed E-state index contributed by atoms with van der Waals surface area (Å²) >= 11 is 0. The van der Waals surface area contributed by atoms with Crippen LogP contribution in [0.15, 0.2) is 77.7 Å². The third-order valence-corrected chi connectivity index (χ3v) is 7.82. The van der Waals surface area contributed by atoms with Crippen LogP contribution in [-0.4, -0.2) is 44.3 Å². The molecule has 196 valence electrons. The molecule has 3 aromatic rings. The summed E-state index contributed by atoms with van der Waals surface area (Å²) in [7, 11) is -4.14. The second-order valence-corrected chi connectivity index (χ2v) is 10.7. The molecule has 0 unspecified atom stereocenters. The molecule has 1 N–H and O–H groups in total. The van der Waals surface area contributed by atoms with E-state index in [1.165, 1.54) is 42.2 Å². The number of benzene rings is 3. The molecule has 0 aliphatic heterocycles. The molecule has 0 aliphatic rings. The summed E-state index contributed by atoms with van der Waals surface area (Å²) in [6, 6.07) is 18.1. The van der Waals surface area contributed by atoms with Crippen molar-refractivity contribution in [2.24, 2.45) is 0 Å². The van der Waals surface area contributed by atoms with Crippen LogP contribution in [0.3, 0.4) is 0 Å². The molecule has 0 heterocycles. The third-order valence-electron chi connectivity index (χ3n) is 6.05. The fourth-order valence-electron chi connectivity index (χ4n) is 4.03. The number of halogens is 1. The van der Waals surface area contributed by atoms with Crippen molar-refractivity contribution in [1.29, 1.82) is 0 Å². The highest BCUT2D eigenvalue weighted by molar-refractivity contribution is 7.92. The predicted octanol–water partition coefficient (Wildman–Crippen LogP) is 4.19. The average molecular weight is 526 g/mol. The SMILES string of the molecule is CCNC(=O)[C@@H](C)N(Cc1ccccc1F)C(=O)CN(c1ccc(C)cc1C)S(=O)(=O)c1ccccc1. The summed E-state index contributed by atoms with van der Waals surface area (Å²) in [5, 5.41) is 2.68. The summed E-state index contributed by atoms with van der Waals surface area (Å²) < 4.78 is 43.1. The van der Waals surface area contributed by atoms with Gasteiger partial charge < -0.3 is 10.2 Å². The molecule has 7 nitrogen and oxygen atoms in total. The number of nitrogens with one attached hydrogen (secondary N) is 1. The number of amides is 2. The van der Waals surface area contributed by atoms with Crippen LogP contribution in [-0.2, 0) is 26.2 Å². The predicted molar refractivity (Wildman–Crippen MR) is 142 cm³/mol. The first-order valence-corrected chi connectivity index (χ1v) is 13.5. The van der Waals surface area contributed by atoms with E-state index in [4.69, 9.17) is 0 Å². The highest BCUT2D eigenvalue weighted by Crippen LogP contribution is 2.28. The van der Waals surface area contributed by atoms with E-state index in [1.807, 2.05) is 13.0 Å². The molecule has 0 saturated carbocycles. The number of rotatable bonds is 10. The third kappa shape index (κ3) is 6.54. The van der Waals surface area contributed by atoms with Crippen LogP contribution in [0, 0.1) is 19.7 Å². The number of nitrogens with zero attached hydrogens (tertiary/aromatic N) is 2. The number of carbonyl (C=O) groups is 2. The number of likely N-dealkylation sites (N-methyl/N-ethyl adjacent to an activating group) is 1. The number of aryl methyl sites for hydroxylation is 2. The van der Waals surface area contributed by atoms with Gasteiger partial charge in [0.05, 0.1) is 10.6 Å². The van der Waals surface area contributed by atoms with Gasteiger partial charge in [0, 0.05) is 18.7 Å². The van der Waals surface area contributed by atoms with Gasteiger partial charge in [0.25, 0.3) is 10.0 Å². The molecule has 0 bridgehead atoms. The largest absolute Gasteiger partial charge is 0.355 e. The Morgan fingerprint density at radius 3 is 2.24 bits per heavy atom. The lowest BCUT2D eigenvalue weighted by atomic mass is 10.1. The summed E-state index contributed by atoms with van der Waals surface area (Å²) in [6.45, 7) is 6.53. The van der Waals surface area contributed by atoms with Crippen LogP contribution in [0.25, 0.3) is 0 Å². The van der Waals surface area contributed by atoms with E-state index in [1.54, 1.807) is 50.2 Å². The van der Waals surface area contributed by atoms with Crippen molar-refractivity contribution >= 4 is 27.5 Å². The Kier molecular flexibility index (Phi) is 9.04. The Morgan fingerprint density at radius 2 is 1.62 bits per heavy atom. The van der Waals surface area contributed by atoms with Crippen molar-refractivity contribution in [2.45, 2.75) is 45.2 Å². The first-order valence-electron chi connectivity index (χ1n) is 12.0. The monoisotopic (exact) mass is 525 g/mol. The molecule has 3 rings (SSSR count). The zero-order valence-electron chi connectivity index (χ0n) is 21.4.